The number of nitrogens with one attached hydrogen (secondary N) is 1. The first-order chi connectivity index (χ1) is 7.39. The van der Waals surface area contributed by atoms with Crippen molar-refractivity contribution < 1.29 is 4.79 Å². The Morgan fingerprint density at radius 1 is 1.44 bits per heavy atom. The van der Waals surface area contributed by atoms with Gasteiger partial charge in [0.2, 0.25) is 5.91 Å². The summed E-state index contributed by atoms with van der Waals surface area (Å²) < 4.78 is 0. The highest BCUT2D eigenvalue weighted by Crippen LogP contribution is 2.44. The molecule has 0 radical (unpaired) electrons. The van der Waals surface area contributed by atoms with E-state index < -0.39 is 0 Å². The van der Waals surface area contributed by atoms with Crippen LogP contribution >= 0.6 is 0 Å². The predicted molar refractivity (Wildman–Crippen MR) is 66.9 cm³/mol. The summed E-state index contributed by atoms with van der Waals surface area (Å²) in [6.07, 6.45) is 2.93. The molecule has 94 valence electrons. The average molecular weight is 226 g/mol. The highest BCUT2D eigenvalue weighted by Gasteiger charge is 2.47. The van der Waals surface area contributed by atoms with E-state index in [-0.39, 0.29) is 17.4 Å². The highest BCUT2D eigenvalue weighted by molar-refractivity contribution is 5.84. The summed E-state index contributed by atoms with van der Waals surface area (Å²) >= 11 is 0. The van der Waals surface area contributed by atoms with Gasteiger partial charge in [-0.2, -0.15) is 0 Å². The topological polar surface area (TPSA) is 55.1 Å². The van der Waals surface area contributed by atoms with Crippen molar-refractivity contribution in [3.63, 3.8) is 0 Å². The summed E-state index contributed by atoms with van der Waals surface area (Å²) in [6.45, 7) is 9.08. The number of nitrogens with two attached hydrogens (primary N) is 1. The van der Waals surface area contributed by atoms with Gasteiger partial charge >= 0.3 is 0 Å². The third kappa shape index (κ3) is 2.97. The number of carbonyl (C=O) groups is 1. The molecule has 1 atom stereocenters. The minimum atomic E-state index is -0.259. The molecule has 16 heavy (non-hydrogen) atoms. The van der Waals surface area contributed by atoms with Crippen LogP contribution in [0, 0.1) is 17.3 Å². The molecule has 1 saturated carbocycles. The summed E-state index contributed by atoms with van der Waals surface area (Å²) in [5, 5.41) is 3.11. The number of carbonyl (C=O) groups excluding carboxylic acids is 1. The van der Waals surface area contributed by atoms with E-state index in [0.29, 0.717) is 18.4 Å². The molecule has 0 aromatic heterocycles. The van der Waals surface area contributed by atoms with Crippen LogP contribution in [0.4, 0.5) is 0 Å². The lowest BCUT2D eigenvalue weighted by Crippen LogP contribution is -2.55. The van der Waals surface area contributed by atoms with Crippen LogP contribution in [0.1, 0.15) is 47.0 Å². The molecule has 1 amide bonds. The van der Waals surface area contributed by atoms with Gasteiger partial charge in [-0.1, -0.05) is 20.8 Å². The van der Waals surface area contributed by atoms with Crippen LogP contribution in [-0.2, 0) is 4.79 Å². The quantitative estimate of drug-likeness (QED) is 0.752. The molecule has 1 fully saturated rings. The smallest absolute Gasteiger partial charge is 0.227 e. The molecule has 0 aromatic rings. The molecular weight excluding hydrogens is 200 g/mol. The first-order valence-electron chi connectivity index (χ1n) is 6.40. The fourth-order valence-corrected chi connectivity index (χ4v) is 2.86. The van der Waals surface area contributed by atoms with Gasteiger partial charge in [0.1, 0.15) is 0 Å². The molecule has 0 heterocycles. The normalized spacial score (nSPS) is 31.0. The van der Waals surface area contributed by atoms with Crippen LogP contribution in [0.2, 0.25) is 0 Å². The highest BCUT2D eigenvalue weighted by atomic mass is 16.2. The van der Waals surface area contributed by atoms with Gasteiger partial charge in [-0.05, 0) is 38.0 Å². The molecule has 3 heteroatoms. The Morgan fingerprint density at radius 3 is 2.38 bits per heavy atom. The SMILES string of the molecule is CC(C)CC(C)NC(=O)C1(CN)CC(C)C1. The zero-order chi connectivity index (χ0) is 12.3. The fraction of sp³-hybridized carbons (Fsp3) is 0.923. The van der Waals surface area contributed by atoms with Crippen LogP contribution in [0.3, 0.4) is 0 Å². The number of hydrogen-bond acceptors (Lipinski definition) is 2. The Labute approximate surface area is 99.2 Å². The Morgan fingerprint density at radius 2 is 2.00 bits per heavy atom. The van der Waals surface area contributed by atoms with E-state index in [1.165, 1.54) is 0 Å². The van der Waals surface area contributed by atoms with E-state index in [4.69, 9.17) is 5.73 Å². The molecule has 0 spiro atoms. The van der Waals surface area contributed by atoms with Crippen LogP contribution in [0.15, 0.2) is 0 Å². The monoisotopic (exact) mass is 226 g/mol. The van der Waals surface area contributed by atoms with Gasteiger partial charge < -0.3 is 11.1 Å². The molecule has 0 saturated heterocycles. The third-order valence-electron chi connectivity index (χ3n) is 3.55. The molecule has 3 N–H and O–H groups in total. The molecule has 1 aliphatic rings. The summed E-state index contributed by atoms with van der Waals surface area (Å²) in [5.41, 5.74) is 5.49. The lowest BCUT2D eigenvalue weighted by molar-refractivity contribution is -0.138. The number of hydrogen-bond donors (Lipinski definition) is 2. The Kier molecular flexibility index (Phi) is 4.36. The summed E-state index contributed by atoms with van der Waals surface area (Å²) in [5.74, 6) is 1.43. The van der Waals surface area contributed by atoms with E-state index in [1.807, 2.05) is 0 Å². The van der Waals surface area contributed by atoms with Gasteiger partial charge in [0, 0.05) is 12.6 Å². The lowest BCUT2D eigenvalue weighted by atomic mass is 9.62. The lowest BCUT2D eigenvalue weighted by Gasteiger charge is -2.44. The third-order valence-corrected chi connectivity index (χ3v) is 3.55. The van der Waals surface area contributed by atoms with Crippen molar-refractivity contribution in [1.82, 2.24) is 5.32 Å². The number of rotatable bonds is 5. The zero-order valence-corrected chi connectivity index (χ0v) is 11.0. The molecule has 3 nitrogen and oxygen atoms in total. The minimum absolute atomic E-state index is 0.168. The molecule has 1 aliphatic carbocycles. The molecule has 0 bridgehead atoms. The van der Waals surface area contributed by atoms with Crippen molar-refractivity contribution in [2.45, 2.75) is 53.0 Å². The minimum Gasteiger partial charge on any atom is -0.353 e. The van der Waals surface area contributed by atoms with Gasteiger partial charge in [0.15, 0.2) is 0 Å². The zero-order valence-electron chi connectivity index (χ0n) is 11.0. The fourth-order valence-electron chi connectivity index (χ4n) is 2.86. The van der Waals surface area contributed by atoms with Crippen molar-refractivity contribution in [3.8, 4) is 0 Å². The van der Waals surface area contributed by atoms with Gasteiger partial charge in [0.05, 0.1) is 5.41 Å². The summed E-state index contributed by atoms with van der Waals surface area (Å²) in [4.78, 5) is 12.1. The first kappa shape index (κ1) is 13.5. The van der Waals surface area contributed by atoms with Crippen molar-refractivity contribution >= 4 is 5.91 Å². The molecule has 1 unspecified atom stereocenters. The number of amides is 1. The molecule has 0 aromatic carbocycles. The first-order valence-corrected chi connectivity index (χ1v) is 6.40. The second-order valence-corrected chi connectivity index (χ2v) is 6.00. The van der Waals surface area contributed by atoms with Gasteiger partial charge in [0.25, 0.3) is 0 Å². The van der Waals surface area contributed by atoms with Crippen LogP contribution in [-0.4, -0.2) is 18.5 Å². The Bertz CT molecular complexity index is 244. The van der Waals surface area contributed by atoms with Crippen molar-refractivity contribution in [2.75, 3.05) is 6.54 Å². The van der Waals surface area contributed by atoms with Gasteiger partial charge in [-0.25, -0.2) is 0 Å². The molecule has 0 aliphatic heterocycles. The van der Waals surface area contributed by atoms with Crippen molar-refractivity contribution in [1.29, 1.82) is 0 Å². The largest absolute Gasteiger partial charge is 0.353 e. The van der Waals surface area contributed by atoms with Crippen LogP contribution in [0.25, 0.3) is 0 Å². The maximum atomic E-state index is 12.1. The second-order valence-electron chi connectivity index (χ2n) is 6.00. The standard InChI is InChI=1S/C13H26N2O/c1-9(2)5-11(4)15-12(16)13(8-14)6-10(3)7-13/h9-11H,5-8,14H2,1-4H3,(H,15,16). The second kappa shape index (κ2) is 5.17. The van der Waals surface area contributed by atoms with E-state index in [9.17, 15) is 4.79 Å². The van der Waals surface area contributed by atoms with Gasteiger partial charge in [-0.3, -0.25) is 4.79 Å². The van der Waals surface area contributed by atoms with Gasteiger partial charge in [-0.15, -0.1) is 0 Å². The van der Waals surface area contributed by atoms with E-state index in [2.05, 4.69) is 33.0 Å². The van der Waals surface area contributed by atoms with E-state index >= 15 is 0 Å². The van der Waals surface area contributed by atoms with Crippen molar-refractivity contribution in [2.24, 2.45) is 23.0 Å². The van der Waals surface area contributed by atoms with Crippen molar-refractivity contribution in [3.05, 3.63) is 0 Å². The Hall–Kier alpha value is -0.570. The maximum absolute atomic E-state index is 12.1. The van der Waals surface area contributed by atoms with Crippen LogP contribution < -0.4 is 11.1 Å². The Balaban J connectivity index is 2.45. The molecular formula is C13H26N2O. The van der Waals surface area contributed by atoms with E-state index in [0.717, 1.165) is 19.3 Å². The summed E-state index contributed by atoms with van der Waals surface area (Å²) in [7, 11) is 0. The van der Waals surface area contributed by atoms with E-state index in [1.54, 1.807) is 0 Å². The molecule has 1 rings (SSSR count). The summed E-state index contributed by atoms with van der Waals surface area (Å²) in [6, 6.07) is 0.256. The van der Waals surface area contributed by atoms with Crippen LogP contribution in [0.5, 0.6) is 0 Å². The maximum Gasteiger partial charge on any atom is 0.227 e. The predicted octanol–water partition coefficient (Wildman–Crippen LogP) is 1.91. The average Bonchev–Trinajstić information content (AvgIpc) is 2.10.